The second-order valence-corrected chi connectivity index (χ2v) is 4.10. The molecule has 1 aromatic rings. The highest BCUT2D eigenvalue weighted by Crippen LogP contribution is 2.07. The number of carbonyl (C=O) groups excluding carboxylic acids is 1. The fourth-order valence-electron chi connectivity index (χ4n) is 1.16. The maximum absolute atomic E-state index is 10.5. The third kappa shape index (κ3) is 4.30. The van der Waals surface area contributed by atoms with Gasteiger partial charge in [0.25, 0.3) is 5.24 Å². The van der Waals surface area contributed by atoms with E-state index in [9.17, 15) is 4.79 Å². The summed E-state index contributed by atoms with van der Waals surface area (Å²) in [6.45, 7) is 0. The quantitative estimate of drug-likeness (QED) is 0.788. The van der Waals surface area contributed by atoms with Crippen molar-refractivity contribution >= 4 is 17.0 Å². The summed E-state index contributed by atoms with van der Waals surface area (Å²) in [5.41, 5.74) is 12.0. The zero-order valence-electron chi connectivity index (χ0n) is 7.85. The van der Waals surface area contributed by atoms with E-state index in [0.29, 0.717) is 5.75 Å². The molecule has 0 aliphatic carbocycles. The molecule has 0 aromatic heterocycles. The van der Waals surface area contributed by atoms with Gasteiger partial charge in [0.2, 0.25) is 0 Å². The molecular formula is C10H14N2OS. The van der Waals surface area contributed by atoms with E-state index in [4.69, 9.17) is 11.5 Å². The SMILES string of the molecule is NC(=O)SC[C@H](N)Cc1ccccc1. The van der Waals surface area contributed by atoms with Gasteiger partial charge in [-0.15, -0.1) is 0 Å². The fourth-order valence-corrected chi connectivity index (χ4v) is 1.66. The van der Waals surface area contributed by atoms with E-state index >= 15 is 0 Å². The Balaban J connectivity index is 2.34. The first-order chi connectivity index (χ1) is 6.68. The van der Waals surface area contributed by atoms with Crippen LogP contribution < -0.4 is 11.5 Å². The van der Waals surface area contributed by atoms with Crippen molar-refractivity contribution in [1.29, 1.82) is 0 Å². The molecule has 1 amide bonds. The zero-order chi connectivity index (χ0) is 10.4. The Kier molecular flexibility index (Phi) is 4.49. The smallest absolute Gasteiger partial charge is 0.276 e. The summed E-state index contributed by atoms with van der Waals surface area (Å²) in [5, 5.41) is -0.367. The Labute approximate surface area is 87.9 Å². The maximum Gasteiger partial charge on any atom is 0.276 e. The molecule has 0 heterocycles. The molecule has 1 aromatic carbocycles. The molecule has 0 aliphatic heterocycles. The van der Waals surface area contributed by atoms with Gasteiger partial charge in [0.1, 0.15) is 0 Å². The number of benzene rings is 1. The van der Waals surface area contributed by atoms with Crippen molar-refractivity contribution in [2.24, 2.45) is 11.5 Å². The van der Waals surface area contributed by atoms with Crippen molar-refractivity contribution in [2.45, 2.75) is 12.5 Å². The molecule has 0 bridgehead atoms. The second kappa shape index (κ2) is 5.67. The topological polar surface area (TPSA) is 69.1 Å². The first-order valence-electron chi connectivity index (χ1n) is 4.40. The molecule has 0 fully saturated rings. The third-order valence-corrected chi connectivity index (χ3v) is 2.66. The van der Waals surface area contributed by atoms with Crippen LogP contribution in [0.5, 0.6) is 0 Å². The number of primary amides is 1. The molecule has 14 heavy (non-hydrogen) atoms. The summed E-state index contributed by atoms with van der Waals surface area (Å²) >= 11 is 1.07. The van der Waals surface area contributed by atoms with Gasteiger partial charge in [-0.3, -0.25) is 4.79 Å². The molecule has 4 heteroatoms. The summed E-state index contributed by atoms with van der Waals surface area (Å²) < 4.78 is 0. The van der Waals surface area contributed by atoms with Gasteiger partial charge in [0.05, 0.1) is 0 Å². The van der Waals surface area contributed by atoms with E-state index in [2.05, 4.69) is 0 Å². The van der Waals surface area contributed by atoms with Gasteiger partial charge in [0, 0.05) is 11.8 Å². The first-order valence-corrected chi connectivity index (χ1v) is 5.39. The van der Waals surface area contributed by atoms with Crippen LogP contribution in [0.25, 0.3) is 0 Å². The van der Waals surface area contributed by atoms with Gasteiger partial charge < -0.3 is 11.5 Å². The number of hydrogen-bond acceptors (Lipinski definition) is 3. The average Bonchev–Trinajstić information content (AvgIpc) is 2.16. The molecule has 0 saturated heterocycles. The van der Waals surface area contributed by atoms with Crippen molar-refractivity contribution < 1.29 is 4.79 Å². The van der Waals surface area contributed by atoms with Crippen molar-refractivity contribution in [3.05, 3.63) is 35.9 Å². The predicted molar refractivity (Wildman–Crippen MR) is 60.2 cm³/mol. The molecule has 76 valence electrons. The third-order valence-electron chi connectivity index (χ3n) is 1.78. The van der Waals surface area contributed by atoms with Crippen LogP contribution in [0.4, 0.5) is 4.79 Å². The molecule has 0 saturated carbocycles. The molecule has 1 atom stereocenters. The zero-order valence-corrected chi connectivity index (χ0v) is 8.67. The van der Waals surface area contributed by atoms with Gasteiger partial charge >= 0.3 is 0 Å². The van der Waals surface area contributed by atoms with Crippen molar-refractivity contribution in [3.63, 3.8) is 0 Å². The second-order valence-electron chi connectivity index (χ2n) is 3.08. The molecule has 3 nitrogen and oxygen atoms in total. The molecule has 1 rings (SSSR count). The van der Waals surface area contributed by atoms with E-state index in [1.54, 1.807) is 0 Å². The Hall–Kier alpha value is -1.00. The lowest BCUT2D eigenvalue weighted by Gasteiger charge is -2.09. The minimum atomic E-state index is -0.367. The highest BCUT2D eigenvalue weighted by molar-refractivity contribution is 8.13. The largest absolute Gasteiger partial charge is 0.361 e. The van der Waals surface area contributed by atoms with E-state index in [0.717, 1.165) is 18.2 Å². The molecular weight excluding hydrogens is 196 g/mol. The van der Waals surface area contributed by atoms with Crippen LogP contribution in [0.15, 0.2) is 30.3 Å². The van der Waals surface area contributed by atoms with E-state index in [1.807, 2.05) is 30.3 Å². The number of hydrogen-bond donors (Lipinski definition) is 2. The standard InChI is InChI=1S/C10H14N2OS/c11-9(7-14-10(12)13)6-8-4-2-1-3-5-8/h1-5,9H,6-7,11H2,(H2,12,13)/t9-/m1/s1. The van der Waals surface area contributed by atoms with Gasteiger partial charge in [-0.1, -0.05) is 42.1 Å². The van der Waals surface area contributed by atoms with Crippen molar-refractivity contribution in [2.75, 3.05) is 5.75 Å². The molecule has 0 unspecified atom stereocenters. The Morgan fingerprint density at radius 3 is 2.57 bits per heavy atom. The Morgan fingerprint density at radius 2 is 2.00 bits per heavy atom. The van der Waals surface area contributed by atoms with Crippen LogP contribution in [-0.4, -0.2) is 17.0 Å². The minimum Gasteiger partial charge on any atom is -0.361 e. The Bertz CT molecular complexity index is 289. The highest BCUT2D eigenvalue weighted by Gasteiger charge is 2.05. The van der Waals surface area contributed by atoms with Gasteiger partial charge in [0.15, 0.2) is 0 Å². The van der Waals surface area contributed by atoms with E-state index < -0.39 is 0 Å². The molecule has 0 aliphatic rings. The lowest BCUT2D eigenvalue weighted by molar-refractivity contribution is 0.267. The summed E-state index contributed by atoms with van der Waals surface area (Å²) in [6.07, 6.45) is 0.779. The van der Waals surface area contributed by atoms with Crippen LogP contribution in [0.3, 0.4) is 0 Å². The number of nitrogens with two attached hydrogens (primary N) is 2. The summed E-state index contributed by atoms with van der Waals surface area (Å²) in [7, 11) is 0. The minimum absolute atomic E-state index is 0.0186. The molecule has 0 radical (unpaired) electrons. The van der Waals surface area contributed by atoms with Gasteiger partial charge in [-0.05, 0) is 12.0 Å². The molecule has 4 N–H and O–H groups in total. The summed E-state index contributed by atoms with van der Waals surface area (Å²) in [4.78, 5) is 10.5. The summed E-state index contributed by atoms with van der Waals surface area (Å²) in [6, 6.07) is 9.94. The van der Waals surface area contributed by atoms with Crippen LogP contribution >= 0.6 is 11.8 Å². The Morgan fingerprint density at radius 1 is 1.36 bits per heavy atom. The lowest BCUT2D eigenvalue weighted by Crippen LogP contribution is -2.26. The van der Waals surface area contributed by atoms with Gasteiger partial charge in [-0.25, -0.2) is 0 Å². The normalized spacial score (nSPS) is 12.4. The average molecular weight is 210 g/mol. The van der Waals surface area contributed by atoms with E-state index in [-0.39, 0.29) is 11.3 Å². The first kappa shape index (κ1) is 11.1. The predicted octanol–water partition coefficient (Wildman–Crippen LogP) is 1.37. The lowest BCUT2D eigenvalue weighted by atomic mass is 10.1. The number of carbonyl (C=O) groups is 1. The highest BCUT2D eigenvalue weighted by atomic mass is 32.2. The van der Waals surface area contributed by atoms with Crippen molar-refractivity contribution in [1.82, 2.24) is 0 Å². The fraction of sp³-hybridized carbons (Fsp3) is 0.300. The van der Waals surface area contributed by atoms with Crippen LogP contribution in [-0.2, 0) is 6.42 Å². The van der Waals surface area contributed by atoms with E-state index in [1.165, 1.54) is 5.56 Å². The molecule has 0 spiro atoms. The maximum atomic E-state index is 10.5. The van der Waals surface area contributed by atoms with Gasteiger partial charge in [-0.2, -0.15) is 0 Å². The number of amides is 1. The number of rotatable bonds is 4. The van der Waals surface area contributed by atoms with Crippen LogP contribution in [0.2, 0.25) is 0 Å². The number of thioether (sulfide) groups is 1. The summed E-state index contributed by atoms with van der Waals surface area (Å²) in [5.74, 6) is 0.574. The van der Waals surface area contributed by atoms with Crippen LogP contribution in [0, 0.1) is 0 Å². The monoisotopic (exact) mass is 210 g/mol. The van der Waals surface area contributed by atoms with Crippen LogP contribution in [0.1, 0.15) is 5.56 Å². The van der Waals surface area contributed by atoms with Crippen molar-refractivity contribution in [3.8, 4) is 0 Å².